The smallest absolute Gasteiger partial charge is 0.251 e. The maximum Gasteiger partial charge on any atom is 0.251 e. The highest BCUT2D eigenvalue weighted by Crippen LogP contribution is 2.25. The Morgan fingerprint density at radius 3 is 2.80 bits per heavy atom. The third-order valence-electron chi connectivity index (χ3n) is 2.66. The van der Waals surface area contributed by atoms with E-state index in [0.717, 1.165) is 11.1 Å². The van der Waals surface area contributed by atoms with Crippen LogP contribution in [0.15, 0.2) is 23.0 Å². The first kappa shape index (κ1) is 9.77. The lowest BCUT2D eigenvalue weighted by Gasteiger charge is -2.05. The SMILES string of the molecule is CCc1cc2c(O)ccc(C)c2[nH]c1=O. The van der Waals surface area contributed by atoms with E-state index in [9.17, 15) is 9.90 Å². The van der Waals surface area contributed by atoms with Crippen LogP contribution in [-0.2, 0) is 6.42 Å². The number of aryl methyl sites for hydroxylation is 2. The predicted molar refractivity (Wildman–Crippen MR) is 60.3 cm³/mol. The van der Waals surface area contributed by atoms with E-state index in [1.165, 1.54) is 0 Å². The van der Waals surface area contributed by atoms with Crippen molar-refractivity contribution in [3.8, 4) is 5.75 Å². The van der Waals surface area contributed by atoms with Gasteiger partial charge in [0, 0.05) is 10.9 Å². The Hall–Kier alpha value is -1.77. The van der Waals surface area contributed by atoms with E-state index >= 15 is 0 Å². The molecule has 1 aromatic carbocycles. The van der Waals surface area contributed by atoms with Gasteiger partial charge in [0.1, 0.15) is 5.75 Å². The number of aromatic nitrogens is 1. The average molecular weight is 203 g/mol. The largest absolute Gasteiger partial charge is 0.507 e. The Labute approximate surface area is 87.4 Å². The standard InChI is InChI=1S/C12H13NO2/c1-3-8-6-9-10(14)5-4-7(2)11(9)13-12(8)15/h4-6,14H,3H2,1-2H3,(H,13,15). The van der Waals surface area contributed by atoms with E-state index in [-0.39, 0.29) is 11.3 Å². The van der Waals surface area contributed by atoms with Gasteiger partial charge in [-0.3, -0.25) is 4.79 Å². The fraction of sp³-hybridized carbons (Fsp3) is 0.250. The molecule has 1 aromatic heterocycles. The van der Waals surface area contributed by atoms with Gasteiger partial charge in [-0.15, -0.1) is 0 Å². The summed E-state index contributed by atoms with van der Waals surface area (Å²) in [5, 5.41) is 10.4. The van der Waals surface area contributed by atoms with Gasteiger partial charge in [0.05, 0.1) is 5.52 Å². The summed E-state index contributed by atoms with van der Waals surface area (Å²) in [6.07, 6.45) is 0.665. The quantitative estimate of drug-likeness (QED) is 0.745. The molecule has 0 saturated carbocycles. The molecular weight excluding hydrogens is 190 g/mol. The summed E-state index contributed by atoms with van der Waals surface area (Å²) < 4.78 is 0. The van der Waals surface area contributed by atoms with Gasteiger partial charge in [-0.25, -0.2) is 0 Å². The van der Waals surface area contributed by atoms with E-state index in [1.807, 2.05) is 13.8 Å². The average Bonchev–Trinajstić information content (AvgIpc) is 2.23. The molecular formula is C12H13NO2. The summed E-state index contributed by atoms with van der Waals surface area (Å²) in [7, 11) is 0. The zero-order chi connectivity index (χ0) is 11.0. The van der Waals surface area contributed by atoms with Crippen LogP contribution in [0.25, 0.3) is 10.9 Å². The number of H-pyrrole nitrogens is 1. The van der Waals surface area contributed by atoms with Gasteiger partial charge in [0.25, 0.3) is 5.56 Å². The normalized spacial score (nSPS) is 10.8. The molecule has 0 aliphatic heterocycles. The van der Waals surface area contributed by atoms with E-state index in [4.69, 9.17) is 0 Å². The summed E-state index contributed by atoms with van der Waals surface area (Å²) in [6, 6.07) is 5.20. The first-order valence-corrected chi connectivity index (χ1v) is 4.98. The molecule has 0 amide bonds. The molecule has 0 saturated heterocycles. The fourth-order valence-electron chi connectivity index (χ4n) is 1.73. The molecule has 78 valence electrons. The van der Waals surface area contributed by atoms with Crippen molar-refractivity contribution >= 4 is 10.9 Å². The number of pyridine rings is 1. The van der Waals surface area contributed by atoms with Crippen LogP contribution >= 0.6 is 0 Å². The molecule has 0 radical (unpaired) electrons. The van der Waals surface area contributed by atoms with Crippen LogP contribution in [0.2, 0.25) is 0 Å². The van der Waals surface area contributed by atoms with Crippen LogP contribution in [0.3, 0.4) is 0 Å². The zero-order valence-corrected chi connectivity index (χ0v) is 8.79. The minimum atomic E-state index is -0.0706. The monoisotopic (exact) mass is 203 g/mol. The van der Waals surface area contributed by atoms with E-state index in [0.29, 0.717) is 17.4 Å². The number of aromatic amines is 1. The predicted octanol–water partition coefficient (Wildman–Crippen LogP) is 2.10. The Kier molecular flexibility index (Phi) is 2.23. The van der Waals surface area contributed by atoms with Gasteiger partial charge >= 0.3 is 0 Å². The number of phenols is 1. The maximum absolute atomic E-state index is 11.6. The van der Waals surface area contributed by atoms with Gasteiger partial charge < -0.3 is 10.1 Å². The molecule has 3 heteroatoms. The van der Waals surface area contributed by atoms with E-state index < -0.39 is 0 Å². The Bertz CT molecular complexity index is 570. The van der Waals surface area contributed by atoms with Gasteiger partial charge in [-0.05, 0) is 31.0 Å². The van der Waals surface area contributed by atoms with Crippen LogP contribution in [0.1, 0.15) is 18.1 Å². The number of aromatic hydroxyl groups is 1. The van der Waals surface area contributed by atoms with Crippen LogP contribution in [0.4, 0.5) is 0 Å². The van der Waals surface area contributed by atoms with Gasteiger partial charge in [-0.2, -0.15) is 0 Å². The molecule has 1 heterocycles. The van der Waals surface area contributed by atoms with E-state index in [1.54, 1.807) is 18.2 Å². The summed E-state index contributed by atoms with van der Waals surface area (Å²) in [5.41, 5.74) is 2.31. The fourth-order valence-corrected chi connectivity index (χ4v) is 1.73. The number of rotatable bonds is 1. The summed E-state index contributed by atoms with van der Waals surface area (Å²) in [5.74, 6) is 0.210. The van der Waals surface area contributed by atoms with Crippen molar-refractivity contribution in [1.82, 2.24) is 4.98 Å². The number of hydrogen-bond acceptors (Lipinski definition) is 2. The highest BCUT2D eigenvalue weighted by atomic mass is 16.3. The molecule has 3 nitrogen and oxygen atoms in total. The third-order valence-corrected chi connectivity index (χ3v) is 2.66. The number of hydrogen-bond donors (Lipinski definition) is 2. The molecule has 15 heavy (non-hydrogen) atoms. The van der Waals surface area contributed by atoms with Crippen molar-refractivity contribution < 1.29 is 5.11 Å². The molecule has 2 rings (SSSR count). The second-order valence-corrected chi connectivity index (χ2v) is 3.67. The van der Waals surface area contributed by atoms with Crippen molar-refractivity contribution in [3.05, 3.63) is 39.7 Å². The van der Waals surface area contributed by atoms with Crippen LogP contribution < -0.4 is 5.56 Å². The van der Waals surface area contributed by atoms with Crippen molar-refractivity contribution in [2.75, 3.05) is 0 Å². The van der Waals surface area contributed by atoms with Crippen molar-refractivity contribution in [2.45, 2.75) is 20.3 Å². The highest BCUT2D eigenvalue weighted by molar-refractivity contribution is 5.87. The van der Waals surface area contributed by atoms with Crippen molar-refractivity contribution in [2.24, 2.45) is 0 Å². The second kappa shape index (κ2) is 3.42. The zero-order valence-electron chi connectivity index (χ0n) is 8.79. The first-order chi connectivity index (χ1) is 7.13. The molecule has 0 bridgehead atoms. The molecule has 0 atom stereocenters. The van der Waals surface area contributed by atoms with Crippen LogP contribution in [-0.4, -0.2) is 10.1 Å². The van der Waals surface area contributed by atoms with Crippen LogP contribution in [0.5, 0.6) is 5.75 Å². The number of nitrogens with one attached hydrogen (secondary N) is 1. The molecule has 0 aliphatic carbocycles. The highest BCUT2D eigenvalue weighted by Gasteiger charge is 2.06. The van der Waals surface area contributed by atoms with E-state index in [2.05, 4.69) is 4.98 Å². The van der Waals surface area contributed by atoms with Gasteiger partial charge in [0.2, 0.25) is 0 Å². The lowest BCUT2D eigenvalue weighted by atomic mass is 10.1. The number of phenolic OH excluding ortho intramolecular Hbond substituents is 1. The molecule has 0 fully saturated rings. The maximum atomic E-state index is 11.6. The topological polar surface area (TPSA) is 53.1 Å². The number of fused-ring (bicyclic) bond motifs is 1. The summed E-state index contributed by atoms with van der Waals surface area (Å²) in [6.45, 7) is 3.83. The second-order valence-electron chi connectivity index (χ2n) is 3.67. The molecule has 0 aliphatic rings. The minimum Gasteiger partial charge on any atom is -0.507 e. The molecule has 0 spiro atoms. The number of benzene rings is 1. The summed E-state index contributed by atoms with van der Waals surface area (Å²) >= 11 is 0. The lowest BCUT2D eigenvalue weighted by molar-refractivity contribution is 0.481. The summed E-state index contributed by atoms with van der Waals surface area (Å²) in [4.78, 5) is 14.4. The minimum absolute atomic E-state index is 0.0706. The van der Waals surface area contributed by atoms with Crippen molar-refractivity contribution in [3.63, 3.8) is 0 Å². The Balaban J connectivity index is 2.92. The Morgan fingerprint density at radius 1 is 1.40 bits per heavy atom. The molecule has 0 unspecified atom stereocenters. The van der Waals surface area contributed by atoms with Crippen molar-refractivity contribution in [1.29, 1.82) is 0 Å². The lowest BCUT2D eigenvalue weighted by Crippen LogP contribution is -2.11. The Morgan fingerprint density at radius 2 is 2.13 bits per heavy atom. The van der Waals surface area contributed by atoms with Gasteiger partial charge in [0.15, 0.2) is 0 Å². The van der Waals surface area contributed by atoms with Gasteiger partial charge in [-0.1, -0.05) is 13.0 Å². The third kappa shape index (κ3) is 1.50. The molecule has 2 aromatic rings. The molecule has 2 N–H and O–H groups in total. The van der Waals surface area contributed by atoms with Crippen LogP contribution in [0, 0.1) is 6.92 Å². The first-order valence-electron chi connectivity index (χ1n) is 4.98.